The van der Waals surface area contributed by atoms with Crippen LogP contribution in [0.1, 0.15) is 30.3 Å². The van der Waals surface area contributed by atoms with Crippen molar-refractivity contribution in [2.75, 3.05) is 13.2 Å². The van der Waals surface area contributed by atoms with E-state index >= 15 is 0 Å². The first-order chi connectivity index (χ1) is 15.3. The lowest BCUT2D eigenvalue weighted by Gasteiger charge is -2.36. The molecule has 1 aromatic heterocycles. The van der Waals surface area contributed by atoms with Gasteiger partial charge >= 0.3 is 0 Å². The zero-order chi connectivity index (χ0) is 22.7. The normalized spacial score (nSPS) is 20.7. The number of carbonyl (C=O) groups excluding carboxylic acids is 1. The Morgan fingerprint density at radius 3 is 2.81 bits per heavy atom. The van der Waals surface area contributed by atoms with E-state index in [2.05, 4.69) is 43.4 Å². The highest BCUT2D eigenvalue weighted by molar-refractivity contribution is 14.1. The highest BCUT2D eigenvalue weighted by Gasteiger charge is 2.36. The van der Waals surface area contributed by atoms with E-state index in [1.54, 1.807) is 0 Å². The van der Waals surface area contributed by atoms with Gasteiger partial charge in [0.05, 0.1) is 11.1 Å². The molecule has 0 bridgehead atoms. The van der Waals surface area contributed by atoms with Gasteiger partial charge in [0, 0.05) is 18.2 Å². The molecule has 1 aliphatic heterocycles. The number of nitrogens with zero attached hydrogens (tertiary/aromatic N) is 2. The summed E-state index contributed by atoms with van der Waals surface area (Å²) in [5.74, 6) is 0.362. The zero-order valence-electron chi connectivity index (χ0n) is 17.2. The lowest BCUT2D eigenvalue weighted by Crippen LogP contribution is -2.54. The maximum absolute atomic E-state index is 13.5. The molecule has 0 aliphatic carbocycles. The van der Waals surface area contributed by atoms with Gasteiger partial charge in [-0.25, -0.2) is 4.39 Å². The van der Waals surface area contributed by atoms with Gasteiger partial charge in [-0.3, -0.25) is 4.79 Å². The molecule has 7 nitrogen and oxygen atoms in total. The zero-order valence-corrected chi connectivity index (χ0v) is 20.1. The van der Waals surface area contributed by atoms with E-state index in [4.69, 9.17) is 20.8 Å². The van der Waals surface area contributed by atoms with E-state index in [1.165, 1.54) is 12.1 Å². The first kappa shape index (κ1) is 22.9. The second-order valence-corrected chi connectivity index (χ2v) is 10.1. The Balaban J connectivity index is 1.29. The van der Waals surface area contributed by atoms with Gasteiger partial charge in [-0.15, -0.1) is 10.2 Å². The first-order valence-electron chi connectivity index (χ1n) is 10.0. The Bertz CT molecular complexity index is 1100. The van der Waals surface area contributed by atoms with Crippen LogP contribution in [-0.4, -0.2) is 32.8 Å². The van der Waals surface area contributed by atoms with Crippen molar-refractivity contribution in [3.8, 4) is 17.2 Å². The Hall–Kier alpha value is -2.24. The number of hydrogen-bond acceptors (Lipinski definition) is 6. The van der Waals surface area contributed by atoms with Crippen LogP contribution in [0.15, 0.2) is 46.9 Å². The van der Waals surface area contributed by atoms with Crippen LogP contribution in [0.25, 0.3) is 11.5 Å². The average Bonchev–Trinajstić information content (AvgIpc) is 3.25. The molecule has 2 N–H and O–H groups in total. The van der Waals surface area contributed by atoms with E-state index in [9.17, 15) is 9.18 Å². The number of halogens is 3. The summed E-state index contributed by atoms with van der Waals surface area (Å²) in [6.07, 6.45) is 1.41. The van der Waals surface area contributed by atoms with Crippen molar-refractivity contribution in [2.24, 2.45) is 0 Å². The monoisotopic (exact) mass is 570 g/mol. The van der Waals surface area contributed by atoms with Gasteiger partial charge in [0.2, 0.25) is 11.8 Å². The SMILES string of the molecule is Cc1ccc(-c2nnc([C@H]3CC[C@@](I)(NC(=O)COc4ccc(Cl)c(F)c4)CN3)o2)cc1. The van der Waals surface area contributed by atoms with Crippen molar-refractivity contribution in [1.29, 1.82) is 0 Å². The van der Waals surface area contributed by atoms with Crippen LogP contribution in [0.3, 0.4) is 0 Å². The Kier molecular flexibility index (Phi) is 6.96. The number of nitrogens with one attached hydrogen (secondary N) is 2. The molecule has 3 aromatic rings. The van der Waals surface area contributed by atoms with Gasteiger partial charge < -0.3 is 19.8 Å². The largest absolute Gasteiger partial charge is 0.484 e. The third-order valence-electron chi connectivity index (χ3n) is 5.12. The number of rotatable bonds is 6. The van der Waals surface area contributed by atoms with Gasteiger partial charge in [0.1, 0.15) is 15.1 Å². The van der Waals surface area contributed by atoms with E-state index in [0.29, 0.717) is 31.2 Å². The molecular formula is C22H21ClFIN4O3. The average molecular weight is 571 g/mol. The molecule has 1 amide bonds. The smallest absolute Gasteiger partial charge is 0.259 e. The van der Waals surface area contributed by atoms with Crippen LogP contribution in [0.4, 0.5) is 4.39 Å². The number of aromatic nitrogens is 2. The summed E-state index contributed by atoms with van der Waals surface area (Å²) in [5, 5.41) is 14.7. The molecule has 2 atom stereocenters. The molecule has 2 aromatic carbocycles. The number of carbonyl (C=O) groups is 1. The molecule has 10 heteroatoms. The molecule has 168 valence electrons. The van der Waals surface area contributed by atoms with Crippen LogP contribution in [0, 0.1) is 12.7 Å². The number of alkyl halides is 1. The lowest BCUT2D eigenvalue weighted by molar-refractivity contribution is -0.124. The third kappa shape index (κ3) is 5.57. The number of ether oxygens (including phenoxy) is 1. The minimum Gasteiger partial charge on any atom is -0.484 e. The lowest BCUT2D eigenvalue weighted by atomic mass is 10.0. The van der Waals surface area contributed by atoms with Gasteiger partial charge in [-0.1, -0.05) is 51.9 Å². The second-order valence-electron chi connectivity index (χ2n) is 7.66. The van der Waals surface area contributed by atoms with Gasteiger partial charge in [0.25, 0.3) is 5.91 Å². The van der Waals surface area contributed by atoms with Crippen molar-refractivity contribution in [3.63, 3.8) is 0 Å². The molecule has 0 unspecified atom stereocenters. The van der Waals surface area contributed by atoms with E-state index in [0.717, 1.165) is 17.2 Å². The Morgan fingerprint density at radius 2 is 2.12 bits per heavy atom. The van der Waals surface area contributed by atoms with E-state index < -0.39 is 9.36 Å². The van der Waals surface area contributed by atoms with Gasteiger partial charge in [0.15, 0.2) is 6.61 Å². The molecule has 0 radical (unpaired) electrons. The maximum Gasteiger partial charge on any atom is 0.259 e. The van der Waals surface area contributed by atoms with Crippen LogP contribution >= 0.6 is 34.2 Å². The molecule has 0 spiro atoms. The van der Waals surface area contributed by atoms with E-state index in [-0.39, 0.29) is 29.3 Å². The molecule has 2 heterocycles. The van der Waals surface area contributed by atoms with Crippen molar-refractivity contribution in [2.45, 2.75) is 29.4 Å². The van der Waals surface area contributed by atoms with Crippen molar-refractivity contribution >= 4 is 40.1 Å². The molecule has 1 aliphatic rings. The summed E-state index contributed by atoms with van der Waals surface area (Å²) in [5.41, 5.74) is 2.04. The van der Waals surface area contributed by atoms with Crippen molar-refractivity contribution in [3.05, 3.63) is 64.8 Å². The molecule has 32 heavy (non-hydrogen) atoms. The Labute approximate surface area is 203 Å². The minimum atomic E-state index is -0.593. The van der Waals surface area contributed by atoms with Crippen LogP contribution < -0.4 is 15.4 Å². The molecule has 1 fully saturated rings. The summed E-state index contributed by atoms with van der Waals surface area (Å²) in [7, 11) is 0. The number of aryl methyl sites for hydroxylation is 1. The third-order valence-corrected chi connectivity index (χ3v) is 6.62. The van der Waals surface area contributed by atoms with Gasteiger partial charge in [-0.05, 0) is 44.0 Å². The maximum atomic E-state index is 13.5. The summed E-state index contributed by atoms with van der Waals surface area (Å²) in [6.45, 7) is 2.31. The highest BCUT2D eigenvalue weighted by Crippen LogP contribution is 2.33. The quantitative estimate of drug-likeness (QED) is 0.256. The van der Waals surface area contributed by atoms with Crippen LogP contribution in [-0.2, 0) is 4.79 Å². The van der Waals surface area contributed by atoms with Crippen LogP contribution in [0.2, 0.25) is 5.02 Å². The minimum absolute atomic E-state index is 0.00286. The summed E-state index contributed by atoms with van der Waals surface area (Å²) < 4.78 is 24.2. The summed E-state index contributed by atoms with van der Waals surface area (Å²) in [6, 6.07) is 11.9. The summed E-state index contributed by atoms with van der Waals surface area (Å²) in [4.78, 5) is 12.3. The molecule has 4 rings (SSSR count). The highest BCUT2D eigenvalue weighted by atomic mass is 127. The standard InChI is InChI=1S/C22H21ClFIN4O3/c1-13-2-4-14(5-3-13)20-28-29-21(32-20)18-8-9-22(25,12-26-18)27-19(30)11-31-15-6-7-16(23)17(24)10-15/h2-7,10,18,26H,8-9,11-12H2,1H3,(H,27,30)/t18-,22-/m1/s1. The summed E-state index contributed by atoms with van der Waals surface area (Å²) >= 11 is 7.87. The second kappa shape index (κ2) is 9.72. The van der Waals surface area contributed by atoms with Gasteiger partial charge in [-0.2, -0.15) is 0 Å². The molecule has 0 saturated carbocycles. The molecular weight excluding hydrogens is 550 g/mol. The number of hydrogen-bond donors (Lipinski definition) is 2. The van der Waals surface area contributed by atoms with E-state index in [1.807, 2.05) is 31.2 Å². The predicted octanol–water partition coefficient (Wildman–Crippen LogP) is 4.59. The predicted molar refractivity (Wildman–Crippen MR) is 126 cm³/mol. The Morgan fingerprint density at radius 1 is 1.34 bits per heavy atom. The fourth-order valence-corrected chi connectivity index (χ4v) is 4.31. The number of piperidine rings is 1. The van der Waals surface area contributed by atoms with Crippen LogP contribution in [0.5, 0.6) is 5.75 Å². The number of benzene rings is 2. The fourth-order valence-electron chi connectivity index (χ4n) is 3.36. The fraction of sp³-hybridized carbons (Fsp3) is 0.318. The molecule has 1 saturated heterocycles. The topological polar surface area (TPSA) is 89.3 Å². The van der Waals surface area contributed by atoms with Crippen molar-refractivity contribution in [1.82, 2.24) is 20.8 Å². The first-order valence-corrected chi connectivity index (χ1v) is 11.5. The number of amides is 1. The van der Waals surface area contributed by atoms with Crippen molar-refractivity contribution < 1.29 is 18.3 Å².